The van der Waals surface area contributed by atoms with E-state index in [1.165, 1.54) is 29.5 Å². The van der Waals surface area contributed by atoms with Gasteiger partial charge in [0.25, 0.3) is 0 Å². The van der Waals surface area contributed by atoms with Gasteiger partial charge in [0.15, 0.2) is 0 Å². The lowest BCUT2D eigenvalue weighted by atomic mass is 9.74. The molecule has 3 heterocycles. The van der Waals surface area contributed by atoms with Gasteiger partial charge >= 0.3 is 0 Å². The number of fused-ring (bicyclic) bond motifs is 2. The largest absolute Gasteiger partial charge is 0.397 e. The quantitative estimate of drug-likeness (QED) is 0.227. The molecule has 0 radical (unpaired) electrons. The van der Waals surface area contributed by atoms with Crippen molar-refractivity contribution in [3.05, 3.63) is 65.8 Å². The fourth-order valence-corrected chi connectivity index (χ4v) is 4.63. The van der Waals surface area contributed by atoms with Crippen LogP contribution in [0, 0.1) is 5.92 Å². The fourth-order valence-electron chi connectivity index (χ4n) is 3.95. The molecule has 170 valence electrons. The highest BCUT2D eigenvalue weighted by Gasteiger charge is 2.36. The first-order valence-corrected chi connectivity index (χ1v) is 12.0. The summed E-state index contributed by atoms with van der Waals surface area (Å²) < 4.78 is 1.26. The second-order valence-corrected chi connectivity index (χ2v) is 9.14. The number of anilines is 2. The zero-order valence-corrected chi connectivity index (χ0v) is 19.7. The number of nitrogens with zero attached hydrogens (tertiary/aromatic N) is 2. The third-order valence-corrected chi connectivity index (χ3v) is 7.00. The number of piperidine rings is 1. The Kier molecular flexibility index (Phi) is 8.79. The van der Waals surface area contributed by atoms with Crippen LogP contribution in [0.2, 0.25) is 0 Å². The Morgan fingerprint density at radius 2 is 1.94 bits per heavy atom. The number of nitrogen functional groups attached to an aromatic ring is 2. The maximum absolute atomic E-state index is 5.49. The Labute approximate surface area is 194 Å². The number of nitrogens with two attached hydrogens (primary N) is 2. The third kappa shape index (κ3) is 6.16. The summed E-state index contributed by atoms with van der Waals surface area (Å²) in [6, 6.07) is 15.5. The second kappa shape index (κ2) is 11.8. The first kappa shape index (κ1) is 23.9. The van der Waals surface area contributed by atoms with Gasteiger partial charge in [0.1, 0.15) is 0 Å². The van der Waals surface area contributed by atoms with Gasteiger partial charge in [-0.25, -0.2) is 4.98 Å². The van der Waals surface area contributed by atoms with E-state index in [0.717, 1.165) is 24.2 Å². The second-order valence-electron chi connectivity index (χ2n) is 8.25. The predicted octanol–water partition coefficient (Wildman–Crippen LogP) is 5.36. The summed E-state index contributed by atoms with van der Waals surface area (Å²) >= 11 is 1.68. The van der Waals surface area contributed by atoms with Gasteiger partial charge in [0.05, 0.1) is 27.1 Å². The lowest BCUT2D eigenvalue weighted by Crippen LogP contribution is -2.52. The first-order chi connectivity index (χ1) is 15.5. The third-order valence-electron chi connectivity index (χ3n) is 6.19. The van der Waals surface area contributed by atoms with Crippen LogP contribution in [0.3, 0.4) is 0 Å². The van der Waals surface area contributed by atoms with Crippen molar-refractivity contribution in [2.45, 2.75) is 45.1 Å². The molecule has 7 heteroatoms. The summed E-state index contributed by atoms with van der Waals surface area (Å²) in [5, 5.41) is 3.67. The number of nitrogens with one attached hydrogen (secondary N) is 2. The van der Waals surface area contributed by atoms with Crippen LogP contribution in [0.15, 0.2) is 70.8 Å². The Balaban J connectivity index is 0.000000141. The summed E-state index contributed by atoms with van der Waals surface area (Å²) in [6.07, 6.45) is 8.96. The van der Waals surface area contributed by atoms with Gasteiger partial charge in [-0.3, -0.25) is 10.8 Å². The highest BCUT2D eigenvalue weighted by atomic mass is 32.1. The highest BCUT2D eigenvalue weighted by molar-refractivity contribution is 7.16. The first-order valence-electron chi connectivity index (χ1n) is 11.1. The van der Waals surface area contributed by atoms with Crippen LogP contribution in [0.25, 0.3) is 10.2 Å². The number of benzene rings is 2. The Hall–Kier alpha value is -2.74. The number of rotatable bonds is 1. The normalized spacial score (nSPS) is 23.7. The summed E-state index contributed by atoms with van der Waals surface area (Å²) in [4.78, 5) is 8.51. The van der Waals surface area contributed by atoms with Gasteiger partial charge in [-0.15, -0.1) is 11.3 Å². The fraction of sp³-hybridized carbons (Fsp3) is 0.360. The lowest BCUT2D eigenvalue weighted by molar-refractivity contribution is 0.250. The van der Waals surface area contributed by atoms with Gasteiger partial charge in [-0.05, 0) is 74.9 Å². The number of para-hydroxylation sites is 3. The zero-order valence-electron chi connectivity index (χ0n) is 18.9. The Morgan fingerprint density at radius 1 is 1.16 bits per heavy atom. The number of thiazole rings is 1. The summed E-state index contributed by atoms with van der Waals surface area (Å²) in [6.45, 7) is 5.84. The van der Waals surface area contributed by atoms with Gasteiger partial charge in [-0.2, -0.15) is 0 Å². The number of hydrogen-bond donors (Lipinski definition) is 4. The van der Waals surface area contributed by atoms with Crippen molar-refractivity contribution < 1.29 is 0 Å². The molecule has 3 aromatic rings. The smallest absolute Gasteiger partial charge is 0.0812 e. The van der Waals surface area contributed by atoms with Crippen molar-refractivity contribution in [1.29, 1.82) is 0 Å². The predicted molar refractivity (Wildman–Crippen MR) is 139 cm³/mol. The van der Waals surface area contributed by atoms with Gasteiger partial charge in [0.2, 0.25) is 0 Å². The minimum Gasteiger partial charge on any atom is -0.397 e. The molecule has 2 aliphatic rings. The molecular formula is C25H34N6S. The topological polar surface area (TPSA) is 101 Å². The van der Waals surface area contributed by atoms with E-state index >= 15 is 0 Å². The highest BCUT2D eigenvalue weighted by Crippen LogP contribution is 2.35. The van der Waals surface area contributed by atoms with E-state index in [1.807, 2.05) is 41.9 Å². The van der Waals surface area contributed by atoms with Crippen molar-refractivity contribution in [3.63, 3.8) is 0 Å². The minimum atomic E-state index is 0.204. The molecule has 1 aromatic heterocycles. The molecule has 5 rings (SSSR count). The van der Waals surface area contributed by atoms with Crippen molar-refractivity contribution in [3.8, 4) is 0 Å². The van der Waals surface area contributed by atoms with E-state index < -0.39 is 0 Å². The molecule has 2 aromatic carbocycles. The summed E-state index contributed by atoms with van der Waals surface area (Å²) in [7, 11) is 0. The summed E-state index contributed by atoms with van der Waals surface area (Å²) in [5.41, 5.74) is 14.0. The molecule has 1 saturated heterocycles. The number of hydrazine groups is 1. The molecule has 32 heavy (non-hydrogen) atoms. The van der Waals surface area contributed by atoms with E-state index in [9.17, 15) is 0 Å². The van der Waals surface area contributed by atoms with Gasteiger partial charge in [0, 0.05) is 18.0 Å². The van der Waals surface area contributed by atoms with Crippen molar-refractivity contribution in [2.24, 2.45) is 16.8 Å². The Bertz CT molecular complexity index is 1010. The van der Waals surface area contributed by atoms with Crippen LogP contribution in [0.1, 0.15) is 39.5 Å². The molecule has 0 amide bonds. The zero-order chi connectivity index (χ0) is 22.8. The van der Waals surface area contributed by atoms with Crippen molar-refractivity contribution in [2.75, 3.05) is 17.7 Å². The van der Waals surface area contributed by atoms with Crippen LogP contribution in [-0.2, 0) is 0 Å². The maximum Gasteiger partial charge on any atom is 0.0812 e. The molecule has 2 unspecified atom stereocenters. The number of hydrogen-bond acceptors (Lipinski definition) is 7. The molecule has 6 N–H and O–H groups in total. The molecule has 0 saturated carbocycles. The molecule has 0 spiro atoms. The van der Waals surface area contributed by atoms with E-state index in [0.29, 0.717) is 11.6 Å². The molecule has 0 bridgehead atoms. The molecule has 2 aliphatic heterocycles. The average Bonchev–Trinajstić information content (AvgIpc) is 3.29. The van der Waals surface area contributed by atoms with Crippen LogP contribution < -0.4 is 22.3 Å². The minimum absolute atomic E-state index is 0.204. The van der Waals surface area contributed by atoms with E-state index in [1.54, 1.807) is 17.4 Å². The summed E-state index contributed by atoms with van der Waals surface area (Å²) in [5.74, 6) is 5.83. The van der Waals surface area contributed by atoms with Crippen LogP contribution in [0.5, 0.6) is 0 Å². The van der Waals surface area contributed by atoms with Crippen molar-refractivity contribution >= 4 is 39.1 Å². The molecule has 2 atom stereocenters. The standard InChI is InChI=1S/C12H20N2.C7H5NS.C6H9N3/c1-10-5-3-7-13-9-11-6-4-8-14-12(10,11)2;1-2-4-7-6(3-1)8-5-9-7;7-5-3-1-2-4-6(5)9-8/h7,9-10,14H,3-6,8H2,1-2H3;1-5H;1-4,9H,7-8H2/b11-9-,13-7?;;. The van der Waals surface area contributed by atoms with Crippen LogP contribution in [0.4, 0.5) is 11.4 Å². The van der Waals surface area contributed by atoms with E-state index in [2.05, 4.69) is 53.0 Å². The molecule has 0 aliphatic carbocycles. The van der Waals surface area contributed by atoms with Crippen molar-refractivity contribution in [1.82, 2.24) is 10.3 Å². The average molecular weight is 451 g/mol. The van der Waals surface area contributed by atoms with Crippen LogP contribution in [-0.4, -0.2) is 23.3 Å². The molecule has 6 nitrogen and oxygen atoms in total. The number of aromatic nitrogens is 1. The van der Waals surface area contributed by atoms with Gasteiger partial charge < -0.3 is 16.5 Å². The Morgan fingerprint density at radius 3 is 2.69 bits per heavy atom. The van der Waals surface area contributed by atoms with E-state index in [4.69, 9.17) is 11.6 Å². The van der Waals surface area contributed by atoms with E-state index in [-0.39, 0.29) is 5.54 Å². The van der Waals surface area contributed by atoms with Crippen LogP contribution >= 0.6 is 11.3 Å². The molecular weight excluding hydrogens is 416 g/mol. The number of aliphatic imine (C=N–C) groups is 1. The monoisotopic (exact) mass is 450 g/mol. The van der Waals surface area contributed by atoms with Gasteiger partial charge in [-0.1, -0.05) is 31.2 Å². The SMILES string of the molecule is CC1CCC=N/C=C2/CCCNC21C.NNc1ccccc1N.c1ccc2scnc2c1. The lowest BCUT2D eigenvalue weighted by Gasteiger charge is -2.42. The maximum atomic E-state index is 5.49. The molecule has 1 fully saturated rings.